The normalized spacial score (nSPS) is 17.1. The number of rotatable bonds is 1. The average Bonchev–Trinajstić information content (AvgIpc) is 2.39. The Bertz CT molecular complexity index is 605. The molecule has 0 spiro atoms. The molecule has 0 radical (unpaired) electrons. The molecule has 0 amide bonds. The lowest BCUT2D eigenvalue weighted by Gasteiger charge is -2.22. The first-order chi connectivity index (χ1) is 8.74. The summed E-state index contributed by atoms with van der Waals surface area (Å²) in [6.45, 7) is 0. The van der Waals surface area contributed by atoms with Gasteiger partial charge in [-0.25, -0.2) is 0 Å². The van der Waals surface area contributed by atoms with Gasteiger partial charge < -0.3 is 4.74 Å². The fourth-order valence-corrected chi connectivity index (χ4v) is 2.56. The molecule has 0 saturated heterocycles. The zero-order valence-corrected chi connectivity index (χ0v) is 10.9. The molecule has 0 fully saturated rings. The van der Waals surface area contributed by atoms with Gasteiger partial charge in [-0.05, 0) is 23.8 Å². The van der Waals surface area contributed by atoms with Crippen LogP contribution in [0.2, 0.25) is 10.0 Å². The van der Waals surface area contributed by atoms with E-state index in [-0.39, 0.29) is 6.10 Å². The highest BCUT2D eigenvalue weighted by molar-refractivity contribution is 6.36. The second-order valence-corrected chi connectivity index (χ2v) is 4.96. The van der Waals surface area contributed by atoms with Gasteiger partial charge in [0.1, 0.15) is 11.9 Å². The molecule has 1 aliphatic heterocycles. The van der Waals surface area contributed by atoms with E-state index in [9.17, 15) is 0 Å². The van der Waals surface area contributed by atoms with Gasteiger partial charge in [0, 0.05) is 10.6 Å². The predicted molar refractivity (Wildman–Crippen MR) is 75.3 cm³/mol. The van der Waals surface area contributed by atoms with Crippen LogP contribution in [0, 0.1) is 0 Å². The van der Waals surface area contributed by atoms with E-state index >= 15 is 0 Å². The standard InChI is InChI=1S/C15H10Cl2O/c16-12-8-11-6-7-14(10-4-2-1-3-5-10)18-15(11)13(17)9-12/h1-9,14H/t14-/m1/s1. The van der Waals surface area contributed by atoms with Crippen molar-refractivity contribution in [1.82, 2.24) is 0 Å². The SMILES string of the molecule is Clc1cc(Cl)c2c(c1)C=C[C@H](c1ccccc1)O2. The molecule has 1 nitrogen and oxygen atoms in total. The molecule has 0 unspecified atom stereocenters. The molecule has 3 rings (SSSR count). The summed E-state index contributed by atoms with van der Waals surface area (Å²) in [5.41, 5.74) is 2.02. The van der Waals surface area contributed by atoms with E-state index in [2.05, 4.69) is 0 Å². The lowest BCUT2D eigenvalue weighted by Crippen LogP contribution is -2.09. The first-order valence-electron chi connectivity index (χ1n) is 5.63. The summed E-state index contributed by atoms with van der Waals surface area (Å²) in [6, 6.07) is 13.6. The topological polar surface area (TPSA) is 9.23 Å². The molecule has 0 saturated carbocycles. The molecule has 0 N–H and O–H groups in total. The van der Waals surface area contributed by atoms with E-state index in [4.69, 9.17) is 27.9 Å². The Morgan fingerprint density at radius 2 is 1.78 bits per heavy atom. The number of hydrogen-bond acceptors (Lipinski definition) is 1. The van der Waals surface area contributed by atoms with Crippen LogP contribution in [0.4, 0.5) is 0 Å². The van der Waals surface area contributed by atoms with Crippen molar-refractivity contribution in [2.45, 2.75) is 6.10 Å². The highest BCUT2D eigenvalue weighted by Gasteiger charge is 2.19. The van der Waals surface area contributed by atoms with Gasteiger partial charge in [0.15, 0.2) is 0 Å². The van der Waals surface area contributed by atoms with Crippen LogP contribution in [0.1, 0.15) is 17.2 Å². The Balaban J connectivity index is 2.00. The number of hydrogen-bond donors (Lipinski definition) is 0. The Morgan fingerprint density at radius 1 is 1.00 bits per heavy atom. The Hall–Kier alpha value is -1.44. The van der Waals surface area contributed by atoms with Crippen LogP contribution in [0.5, 0.6) is 5.75 Å². The summed E-state index contributed by atoms with van der Waals surface area (Å²) in [7, 11) is 0. The van der Waals surface area contributed by atoms with Crippen LogP contribution in [0.25, 0.3) is 6.08 Å². The molecule has 2 aromatic carbocycles. The molecular weight excluding hydrogens is 267 g/mol. The van der Waals surface area contributed by atoms with Gasteiger partial charge in [0.25, 0.3) is 0 Å². The maximum Gasteiger partial charge on any atom is 0.146 e. The fraction of sp³-hybridized carbons (Fsp3) is 0.0667. The summed E-state index contributed by atoms with van der Waals surface area (Å²) >= 11 is 12.1. The van der Waals surface area contributed by atoms with Crippen molar-refractivity contribution in [2.24, 2.45) is 0 Å². The third-order valence-corrected chi connectivity index (χ3v) is 3.36. The molecule has 2 aromatic rings. The van der Waals surface area contributed by atoms with E-state index in [1.165, 1.54) is 0 Å². The average molecular weight is 277 g/mol. The molecule has 0 bridgehead atoms. The van der Waals surface area contributed by atoms with Crippen molar-refractivity contribution in [1.29, 1.82) is 0 Å². The van der Waals surface area contributed by atoms with Crippen LogP contribution < -0.4 is 4.74 Å². The van der Waals surface area contributed by atoms with E-state index in [1.54, 1.807) is 6.07 Å². The van der Waals surface area contributed by atoms with Crippen molar-refractivity contribution in [2.75, 3.05) is 0 Å². The molecule has 1 heterocycles. The van der Waals surface area contributed by atoms with E-state index < -0.39 is 0 Å². The number of halogens is 2. The Kier molecular flexibility index (Phi) is 3.02. The van der Waals surface area contributed by atoms with Gasteiger partial charge in [-0.1, -0.05) is 59.6 Å². The summed E-state index contributed by atoms with van der Waals surface area (Å²) in [5, 5.41) is 1.16. The van der Waals surface area contributed by atoms with Crippen LogP contribution in [0.3, 0.4) is 0 Å². The minimum atomic E-state index is -0.0997. The number of ether oxygens (including phenoxy) is 1. The minimum Gasteiger partial charge on any atom is -0.479 e. The zero-order chi connectivity index (χ0) is 12.5. The summed E-state index contributed by atoms with van der Waals surface area (Å²) in [5.74, 6) is 0.692. The van der Waals surface area contributed by atoms with Gasteiger partial charge in [0.2, 0.25) is 0 Å². The van der Waals surface area contributed by atoms with E-state index in [0.29, 0.717) is 15.8 Å². The van der Waals surface area contributed by atoms with Crippen LogP contribution in [0.15, 0.2) is 48.5 Å². The quantitative estimate of drug-likeness (QED) is 0.701. The smallest absolute Gasteiger partial charge is 0.146 e. The number of benzene rings is 2. The van der Waals surface area contributed by atoms with E-state index in [1.807, 2.05) is 48.6 Å². The van der Waals surface area contributed by atoms with Gasteiger partial charge in [0.05, 0.1) is 5.02 Å². The summed E-state index contributed by atoms with van der Waals surface area (Å²) in [6.07, 6.45) is 3.90. The second-order valence-electron chi connectivity index (χ2n) is 4.11. The molecule has 18 heavy (non-hydrogen) atoms. The first kappa shape index (κ1) is 11.6. The summed E-state index contributed by atoms with van der Waals surface area (Å²) in [4.78, 5) is 0. The molecular formula is C15H10Cl2O. The minimum absolute atomic E-state index is 0.0997. The van der Waals surface area contributed by atoms with Crippen LogP contribution in [-0.4, -0.2) is 0 Å². The predicted octanol–water partition coefficient (Wildman–Crippen LogP) is 5.14. The third-order valence-electron chi connectivity index (χ3n) is 2.86. The Morgan fingerprint density at radius 3 is 2.56 bits per heavy atom. The first-order valence-corrected chi connectivity index (χ1v) is 6.38. The lowest BCUT2D eigenvalue weighted by atomic mass is 10.0. The third kappa shape index (κ3) is 2.12. The molecule has 90 valence electrons. The van der Waals surface area contributed by atoms with Crippen molar-refractivity contribution >= 4 is 29.3 Å². The van der Waals surface area contributed by atoms with Gasteiger partial charge >= 0.3 is 0 Å². The van der Waals surface area contributed by atoms with Gasteiger partial charge in [-0.2, -0.15) is 0 Å². The highest BCUT2D eigenvalue weighted by Crippen LogP contribution is 2.39. The molecule has 3 heteroatoms. The maximum atomic E-state index is 6.16. The van der Waals surface area contributed by atoms with Crippen LogP contribution in [-0.2, 0) is 0 Å². The number of fused-ring (bicyclic) bond motifs is 1. The monoisotopic (exact) mass is 276 g/mol. The lowest BCUT2D eigenvalue weighted by molar-refractivity contribution is 0.252. The maximum absolute atomic E-state index is 6.16. The molecule has 1 aliphatic rings. The van der Waals surface area contributed by atoms with Gasteiger partial charge in [-0.15, -0.1) is 0 Å². The van der Waals surface area contributed by atoms with Crippen molar-refractivity contribution in [3.63, 3.8) is 0 Å². The van der Waals surface area contributed by atoms with Gasteiger partial charge in [-0.3, -0.25) is 0 Å². The van der Waals surface area contributed by atoms with Crippen molar-refractivity contribution in [3.8, 4) is 5.75 Å². The molecule has 1 atom stereocenters. The highest BCUT2D eigenvalue weighted by atomic mass is 35.5. The van der Waals surface area contributed by atoms with E-state index in [0.717, 1.165) is 11.1 Å². The van der Waals surface area contributed by atoms with Crippen molar-refractivity contribution < 1.29 is 4.74 Å². The van der Waals surface area contributed by atoms with Crippen molar-refractivity contribution in [3.05, 3.63) is 69.7 Å². The largest absolute Gasteiger partial charge is 0.479 e. The zero-order valence-electron chi connectivity index (χ0n) is 9.44. The summed E-state index contributed by atoms with van der Waals surface area (Å²) < 4.78 is 5.93. The molecule has 0 aromatic heterocycles. The Labute approximate surface area is 116 Å². The fourth-order valence-electron chi connectivity index (χ4n) is 2.01. The van der Waals surface area contributed by atoms with Crippen LogP contribution >= 0.6 is 23.2 Å². The molecule has 0 aliphatic carbocycles. The second kappa shape index (κ2) is 4.68.